The van der Waals surface area contributed by atoms with Gasteiger partial charge in [-0.2, -0.15) is 0 Å². The predicted octanol–water partition coefficient (Wildman–Crippen LogP) is 8.22. The summed E-state index contributed by atoms with van der Waals surface area (Å²) in [5.41, 5.74) is 15.3. The van der Waals surface area contributed by atoms with Gasteiger partial charge in [0.2, 0.25) is 0 Å². The van der Waals surface area contributed by atoms with E-state index in [1.54, 1.807) is 33.4 Å². The quantitative estimate of drug-likeness (QED) is 0.381. The Morgan fingerprint density at radius 1 is 0.700 bits per heavy atom. The second-order valence-electron chi connectivity index (χ2n) is 9.45. The summed E-state index contributed by atoms with van der Waals surface area (Å²) in [4.78, 5) is 0. The average molecular weight is 490 g/mol. The van der Waals surface area contributed by atoms with E-state index in [2.05, 4.69) is 103 Å². The third-order valence-corrected chi connectivity index (χ3v) is 27.6. The van der Waals surface area contributed by atoms with Gasteiger partial charge in [-0.25, -0.2) is 0 Å². The number of fused-ring (bicyclic) bond motifs is 1. The van der Waals surface area contributed by atoms with E-state index in [0.717, 1.165) is 3.63 Å². The molecule has 2 aliphatic rings. The average Bonchev–Trinajstić information content (AvgIpc) is 3.10. The third-order valence-electron chi connectivity index (χ3n) is 7.49. The first-order valence-electron chi connectivity index (χ1n) is 11.1. The molecule has 0 fully saturated rings. The van der Waals surface area contributed by atoms with E-state index in [1.165, 1.54) is 22.3 Å². The summed E-state index contributed by atoms with van der Waals surface area (Å²) >= 11 is -1.91. The molecule has 0 aromatic heterocycles. The first-order chi connectivity index (χ1) is 14.2. The Balaban J connectivity index is 1.99. The maximum absolute atomic E-state index is 2.62. The SMILES string of the molecule is CC1=C(C)[CH]([Zr]([CH]2C(C)=C(c3ccccc3)c3ccc(C)cc32)=[Si](C)C)C(C)=C1C. The molecular formula is C28H34SiZr. The zero-order valence-electron chi connectivity index (χ0n) is 19.8. The van der Waals surface area contributed by atoms with Crippen LogP contribution in [0.15, 0.2) is 76.4 Å². The van der Waals surface area contributed by atoms with E-state index in [1.807, 2.05) is 0 Å². The molecule has 0 N–H and O–H groups in total. The molecule has 0 spiro atoms. The zero-order valence-corrected chi connectivity index (χ0v) is 23.2. The Labute approximate surface area is 191 Å². The van der Waals surface area contributed by atoms with Crippen molar-refractivity contribution in [3.05, 3.63) is 98.7 Å². The number of hydrogen-bond donors (Lipinski definition) is 0. The first kappa shape index (κ1) is 22.0. The van der Waals surface area contributed by atoms with Gasteiger partial charge >= 0.3 is 192 Å². The van der Waals surface area contributed by atoms with Crippen LogP contribution >= 0.6 is 0 Å². The van der Waals surface area contributed by atoms with Crippen LogP contribution in [0.2, 0.25) is 16.7 Å². The van der Waals surface area contributed by atoms with Crippen molar-refractivity contribution >= 4 is 11.0 Å². The minimum absolute atomic E-state index is 0.348. The molecule has 0 saturated heterocycles. The summed E-state index contributed by atoms with van der Waals surface area (Å²) in [5.74, 6) is 0. The van der Waals surface area contributed by atoms with E-state index < -0.39 is 20.4 Å². The molecule has 2 aromatic rings. The van der Waals surface area contributed by atoms with E-state index in [0.29, 0.717) is 3.63 Å². The van der Waals surface area contributed by atoms with Crippen LogP contribution < -0.4 is 0 Å². The second-order valence-corrected chi connectivity index (χ2v) is 27.3. The van der Waals surface area contributed by atoms with Gasteiger partial charge in [0.15, 0.2) is 0 Å². The molecular weight excluding hydrogens is 456 g/mol. The van der Waals surface area contributed by atoms with Crippen molar-refractivity contribution in [1.29, 1.82) is 0 Å². The molecule has 2 aliphatic carbocycles. The van der Waals surface area contributed by atoms with Gasteiger partial charge in [-0.1, -0.05) is 0 Å². The molecule has 0 aliphatic heterocycles. The number of allylic oxidation sites excluding steroid dienone is 5. The zero-order chi connectivity index (χ0) is 21.7. The van der Waals surface area contributed by atoms with Crippen molar-refractivity contribution in [3.63, 3.8) is 0 Å². The number of aryl methyl sites for hydroxylation is 1. The van der Waals surface area contributed by atoms with Crippen molar-refractivity contribution in [2.75, 3.05) is 0 Å². The Morgan fingerprint density at radius 2 is 1.30 bits per heavy atom. The molecule has 0 saturated carbocycles. The predicted molar refractivity (Wildman–Crippen MR) is 130 cm³/mol. The van der Waals surface area contributed by atoms with Crippen LogP contribution in [0.1, 0.15) is 60.5 Å². The standard InChI is InChI=1S/C17H15.C9H13.C2H6Si.Zr/c1-12-8-9-16-15(10-12)11-13(2)17(16)14-6-4-3-5-7-14;1-6-5-7(2)9(4)8(6)3;1-3-2;/h3-11H,1-2H3;5H,1-4H3;1-2H3;. The molecule has 0 nitrogen and oxygen atoms in total. The van der Waals surface area contributed by atoms with Gasteiger partial charge in [0.25, 0.3) is 0 Å². The summed E-state index contributed by atoms with van der Waals surface area (Å²) in [7, 11) is 0. The number of rotatable bonds is 3. The maximum atomic E-state index is 2.62. The van der Waals surface area contributed by atoms with Crippen molar-refractivity contribution < 1.29 is 20.4 Å². The van der Waals surface area contributed by atoms with Crippen LogP contribution in [0, 0.1) is 6.92 Å². The summed E-state index contributed by atoms with van der Waals surface area (Å²) < 4.78 is 1.48. The fraction of sp³-hybridized carbons (Fsp3) is 0.357. The minimum atomic E-state index is -1.91. The fourth-order valence-electron chi connectivity index (χ4n) is 5.69. The Kier molecular flexibility index (Phi) is 6.12. The molecule has 0 radical (unpaired) electrons. The molecule has 0 bridgehead atoms. The van der Waals surface area contributed by atoms with Crippen LogP contribution in [-0.4, -0.2) is 5.43 Å². The van der Waals surface area contributed by atoms with Crippen molar-refractivity contribution in [2.45, 2.75) is 61.9 Å². The molecule has 2 aromatic carbocycles. The van der Waals surface area contributed by atoms with Gasteiger partial charge in [0.05, 0.1) is 0 Å². The van der Waals surface area contributed by atoms with Gasteiger partial charge < -0.3 is 0 Å². The first-order valence-corrected chi connectivity index (χ1v) is 20.2. The second kappa shape index (κ2) is 8.36. The van der Waals surface area contributed by atoms with Crippen molar-refractivity contribution in [1.82, 2.24) is 0 Å². The number of benzene rings is 2. The Hall–Kier alpha value is -1.24. The van der Waals surface area contributed by atoms with Crippen LogP contribution in [0.5, 0.6) is 0 Å². The molecule has 4 rings (SSSR count). The molecule has 2 heteroatoms. The van der Waals surface area contributed by atoms with Gasteiger partial charge in [0, 0.05) is 0 Å². The summed E-state index contributed by atoms with van der Waals surface area (Å²) in [6.07, 6.45) is 0. The number of hydrogen-bond acceptors (Lipinski definition) is 0. The molecule has 30 heavy (non-hydrogen) atoms. The summed E-state index contributed by atoms with van der Waals surface area (Å²) in [5, 5.41) is 0. The van der Waals surface area contributed by atoms with Crippen LogP contribution in [0.25, 0.3) is 5.57 Å². The van der Waals surface area contributed by atoms with E-state index in [-0.39, 0.29) is 5.43 Å². The van der Waals surface area contributed by atoms with Crippen molar-refractivity contribution in [2.24, 2.45) is 0 Å². The molecule has 0 heterocycles. The van der Waals surface area contributed by atoms with Crippen LogP contribution in [-0.2, 0) is 20.4 Å². The van der Waals surface area contributed by atoms with Gasteiger partial charge in [-0.3, -0.25) is 0 Å². The van der Waals surface area contributed by atoms with Gasteiger partial charge in [-0.05, 0) is 0 Å². The van der Waals surface area contributed by atoms with Crippen LogP contribution in [0.3, 0.4) is 0 Å². The Morgan fingerprint density at radius 3 is 1.87 bits per heavy atom. The molecule has 154 valence electrons. The Bertz CT molecular complexity index is 1130. The van der Waals surface area contributed by atoms with Gasteiger partial charge in [0.1, 0.15) is 0 Å². The topological polar surface area (TPSA) is 0 Å². The third kappa shape index (κ3) is 3.45. The van der Waals surface area contributed by atoms with Gasteiger partial charge in [-0.15, -0.1) is 0 Å². The molecule has 0 amide bonds. The van der Waals surface area contributed by atoms with Crippen LogP contribution in [0.4, 0.5) is 0 Å². The monoisotopic (exact) mass is 488 g/mol. The molecule has 1 unspecified atom stereocenters. The molecule has 1 atom stereocenters. The summed E-state index contributed by atoms with van der Waals surface area (Å²) in [6.45, 7) is 19.6. The van der Waals surface area contributed by atoms with E-state index in [9.17, 15) is 0 Å². The fourth-order valence-corrected chi connectivity index (χ4v) is 27.2. The normalized spacial score (nSPS) is 19.1. The summed E-state index contributed by atoms with van der Waals surface area (Å²) in [6, 6.07) is 18.4. The van der Waals surface area contributed by atoms with E-state index >= 15 is 0 Å². The van der Waals surface area contributed by atoms with E-state index in [4.69, 9.17) is 0 Å². The van der Waals surface area contributed by atoms with Crippen molar-refractivity contribution in [3.8, 4) is 0 Å².